The van der Waals surface area contributed by atoms with Gasteiger partial charge in [-0.05, 0) is 42.7 Å². The minimum Gasteiger partial charge on any atom is -0.497 e. The van der Waals surface area contributed by atoms with Gasteiger partial charge in [-0.1, -0.05) is 0 Å². The van der Waals surface area contributed by atoms with E-state index in [2.05, 4.69) is 4.98 Å². The lowest BCUT2D eigenvalue weighted by Crippen LogP contribution is -1.99. The average Bonchev–Trinajstić information content (AvgIpc) is 2.82. The number of hydrogen-bond acceptors (Lipinski definition) is 4. The van der Waals surface area contributed by atoms with Crippen molar-refractivity contribution in [2.24, 2.45) is 0 Å². The van der Waals surface area contributed by atoms with Gasteiger partial charge in [-0.15, -0.1) is 11.3 Å². The van der Waals surface area contributed by atoms with E-state index in [4.69, 9.17) is 9.84 Å². The molecule has 5 heteroatoms. The average molecular weight is 277 g/mol. The molecule has 0 saturated heterocycles. The Hall–Kier alpha value is -1.88. The number of aryl methyl sites for hydroxylation is 2. The molecule has 0 aliphatic heterocycles. The molecule has 0 fully saturated rings. The number of ether oxygens (including phenoxy) is 1. The summed E-state index contributed by atoms with van der Waals surface area (Å²) in [6.45, 7) is 4.05. The molecular weight excluding hydrogens is 262 g/mol. The highest BCUT2D eigenvalue weighted by molar-refractivity contribution is 7.09. The van der Waals surface area contributed by atoms with Gasteiger partial charge in [0.1, 0.15) is 5.75 Å². The summed E-state index contributed by atoms with van der Waals surface area (Å²) in [4.78, 5) is 14.9. The van der Waals surface area contributed by atoms with E-state index < -0.39 is 5.97 Å². The second kappa shape index (κ2) is 5.40. The SMILES string of the molecule is COc1cc(C)c(Cc2nc(C(=O)O)cs2)c(C)c1. The number of carbonyl (C=O) groups is 1. The van der Waals surface area contributed by atoms with Crippen LogP contribution in [0.4, 0.5) is 0 Å². The molecule has 0 spiro atoms. The highest BCUT2D eigenvalue weighted by Gasteiger charge is 2.12. The number of rotatable bonds is 4. The molecule has 100 valence electrons. The van der Waals surface area contributed by atoms with Crippen molar-refractivity contribution in [2.75, 3.05) is 7.11 Å². The maximum Gasteiger partial charge on any atom is 0.355 e. The Morgan fingerprint density at radius 2 is 2.00 bits per heavy atom. The zero-order chi connectivity index (χ0) is 14.0. The quantitative estimate of drug-likeness (QED) is 0.933. The second-order valence-electron chi connectivity index (χ2n) is 4.35. The fourth-order valence-electron chi connectivity index (χ4n) is 1.99. The maximum atomic E-state index is 10.8. The van der Waals surface area contributed by atoms with Crippen molar-refractivity contribution in [3.8, 4) is 5.75 Å². The standard InChI is InChI=1S/C14H15NO3S/c1-8-4-10(18-3)5-9(2)11(8)6-13-15-12(7-19-13)14(16)17/h4-5,7H,6H2,1-3H3,(H,16,17). The fourth-order valence-corrected chi connectivity index (χ4v) is 2.77. The van der Waals surface area contributed by atoms with Crippen molar-refractivity contribution >= 4 is 17.3 Å². The number of carboxylic acid groups (broad SMARTS) is 1. The Bertz CT molecular complexity index is 596. The Balaban J connectivity index is 2.30. The number of nitrogens with zero attached hydrogens (tertiary/aromatic N) is 1. The van der Waals surface area contributed by atoms with Crippen molar-refractivity contribution < 1.29 is 14.6 Å². The summed E-state index contributed by atoms with van der Waals surface area (Å²) in [5, 5.41) is 11.3. The minimum atomic E-state index is -0.981. The van der Waals surface area contributed by atoms with Gasteiger partial charge in [-0.3, -0.25) is 0 Å². The molecular formula is C14H15NO3S. The lowest BCUT2D eigenvalue weighted by Gasteiger charge is -2.10. The van der Waals surface area contributed by atoms with Crippen LogP contribution in [-0.4, -0.2) is 23.2 Å². The second-order valence-corrected chi connectivity index (χ2v) is 5.29. The van der Waals surface area contributed by atoms with E-state index in [1.807, 2.05) is 26.0 Å². The summed E-state index contributed by atoms with van der Waals surface area (Å²) >= 11 is 1.38. The summed E-state index contributed by atoms with van der Waals surface area (Å²) in [7, 11) is 1.65. The first kappa shape index (κ1) is 13.5. The smallest absolute Gasteiger partial charge is 0.355 e. The minimum absolute atomic E-state index is 0.115. The van der Waals surface area contributed by atoms with Crippen LogP contribution in [-0.2, 0) is 6.42 Å². The van der Waals surface area contributed by atoms with E-state index in [-0.39, 0.29) is 5.69 Å². The molecule has 0 atom stereocenters. The van der Waals surface area contributed by atoms with E-state index in [1.54, 1.807) is 12.5 Å². The van der Waals surface area contributed by atoms with Crippen LogP contribution in [0.5, 0.6) is 5.75 Å². The van der Waals surface area contributed by atoms with Crippen LogP contribution in [0.3, 0.4) is 0 Å². The van der Waals surface area contributed by atoms with Crippen molar-refractivity contribution in [3.05, 3.63) is 44.9 Å². The molecule has 1 aromatic heterocycles. The van der Waals surface area contributed by atoms with Crippen molar-refractivity contribution in [2.45, 2.75) is 20.3 Å². The number of hydrogen-bond donors (Lipinski definition) is 1. The molecule has 0 bridgehead atoms. The summed E-state index contributed by atoms with van der Waals surface area (Å²) in [5.41, 5.74) is 3.55. The molecule has 19 heavy (non-hydrogen) atoms. The van der Waals surface area contributed by atoms with Crippen molar-refractivity contribution in [1.82, 2.24) is 4.98 Å². The molecule has 0 unspecified atom stereocenters. The van der Waals surface area contributed by atoms with Gasteiger partial charge in [-0.25, -0.2) is 9.78 Å². The number of thiazole rings is 1. The van der Waals surface area contributed by atoms with E-state index in [0.29, 0.717) is 6.42 Å². The topological polar surface area (TPSA) is 59.4 Å². The van der Waals surface area contributed by atoms with Crippen LogP contribution in [0, 0.1) is 13.8 Å². The third kappa shape index (κ3) is 2.93. The van der Waals surface area contributed by atoms with Gasteiger partial charge in [0, 0.05) is 11.8 Å². The van der Waals surface area contributed by atoms with Crippen LogP contribution >= 0.6 is 11.3 Å². The number of benzene rings is 1. The van der Waals surface area contributed by atoms with Crippen LogP contribution in [0.1, 0.15) is 32.2 Å². The van der Waals surface area contributed by atoms with E-state index in [1.165, 1.54) is 16.9 Å². The molecule has 0 amide bonds. The molecule has 1 N–H and O–H groups in total. The first-order valence-electron chi connectivity index (χ1n) is 5.83. The largest absolute Gasteiger partial charge is 0.497 e. The van der Waals surface area contributed by atoms with Gasteiger partial charge >= 0.3 is 5.97 Å². The number of carboxylic acids is 1. The predicted molar refractivity (Wildman–Crippen MR) is 74.3 cm³/mol. The Morgan fingerprint density at radius 3 is 2.47 bits per heavy atom. The normalized spacial score (nSPS) is 10.5. The molecule has 0 aliphatic rings. The molecule has 0 aliphatic carbocycles. The van der Waals surface area contributed by atoms with Crippen molar-refractivity contribution in [3.63, 3.8) is 0 Å². The molecule has 1 aromatic carbocycles. The summed E-state index contributed by atoms with van der Waals surface area (Å²) in [6.07, 6.45) is 0.652. The predicted octanol–water partition coefficient (Wildman–Crippen LogP) is 3.06. The zero-order valence-electron chi connectivity index (χ0n) is 11.1. The Kier molecular flexibility index (Phi) is 3.85. The van der Waals surface area contributed by atoms with Crippen LogP contribution in [0.15, 0.2) is 17.5 Å². The molecule has 1 heterocycles. The maximum absolute atomic E-state index is 10.8. The monoisotopic (exact) mass is 277 g/mol. The lowest BCUT2D eigenvalue weighted by atomic mass is 10.00. The highest BCUT2D eigenvalue weighted by Crippen LogP contribution is 2.25. The van der Waals surface area contributed by atoms with Crippen molar-refractivity contribution in [1.29, 1.82) is 0 Å². The Labute approximate surface area is 115 Å². The molecule has 0 saturated carbocycles. The first-order chi connectivity index (χ1) is 9.01. The molecule has 0 radical (unpaired) electrons. The van der Waals surface area contributed by atoms with Gasteiger partial charge in [-0.2, -0.15) is 0 Å². The van der Waals surface area contributed by atoms with E-state index in [9.17, 15) is 4.79 Å². The highest BCUT2D eigenvalue weighted by atomic mass is 32.1. The summed E-state index contributed by atoms with van der Waals surface area (Å²) < 4.78 is 5.23. The zero-order valence-corrected chi connectivity index (χ0v) is 11.9. The van der Waals surface area contributed by atoms with Gasteiger partial charge in [0.2, 0.25) is 0 Å². The third-order valence-corrected chi connectivity index (χ3v) is 3.85. The first-order valence-corrected chi connectivity index (χ1v) is 6.71. The third-order valence-electron chi connectivity index (χ3n) is 3.00. The molecule has 2 aromatic rings. The summed E-state index contributed by atoms with van der Waals surface area (Å²) in [5.74, 6) is -0.144. The summed E-state index contributed by atoms with van der Waals surface area (Å²) in [6, 6.07) is 3.96. The lowest BCUT2D eigenvalue weighted by molar-refractivity contribution is 0.0691. The number of aromatic nitrogens is 1. The Morgan fingerprint density at radius 1 is 1.37 bits per heavy atom. The number of methoxy groups -OCH3 is 1. The van der Waals surface area contributed by atoms with Gasteiger partial charge < -0.3 is 9.84 Å². The van der Waals surface area contributed by atoms with Crippen LogP contribution < -0.4 is 4.74 Å². The van der Waals surface area contributed by atoms with Gasteiger partial charge in [0.25, 0.3) is 0 Å². The van der Waals surface area contributed by atoms with E-state index >= 15 is 0 Å². The molecule has 4 nitrogen and oxygen atoms in total. The van der Waals surface area contributed by atoms with E-state index in [0.717, 1.165) is 21.9 Å². The van der Waals surface area contributed by atoms with Gasteiger partial charge in [0.15, 0.2) is 5.69 Å². The van der Waals surface area contributed by atoms with Crippen LogP contribution in [0.2, 0.25) is 0 Å². The number of aromatic carboxylic acids is 1. The van der Waals surface area contributed by atoms with Crippen LogP contribution in [0.25, 0.3) is 0 Å². The van der Waals surface area contributed by atoms with Gasteiger partial charge in [0.05, 0.1) is 12.1 Å². The fraction of sp³-hybridized carbons (Fsp3) is 0.286. The molecule has 2 rings (SSSR count).